The van der Waals surface area contributed by atoms with Gasteiger partial charge >= 0.3 is 11.8 Å². The molecule has 7 rings (SSSR count). The van der Waals surface area contributed by atoms with Gasteiger partial charge in [-0.05, 0) is 41.3 Å². The summed E-state index contributed by atoms with van der Waals surface area (Å²) in [5, 5.41) is 24.3. The zero-order chi connectivity index (χ0) is 38.9. The van der Waals surface area contributed by atoms with Crippen LogP contribution in [0, 0.1) is 0 Å². The number of nitrogens with one attached hydrogen (secondary N) is 6. The Kier molecular flexibility index (Phi) is 11.3. The Balaban J connectivity index is 1.17. The number of H-pyrrole nitrogens is 3. The number of carbonyl (C=O) groups is 3. The van der Waals surface area contributed by atoms with Crippen LogP contribution in [0.25, 0.3) is 21.8 Å². The van der Waals surface area contributed by atoms with E-state index in [2.05, 4.69) is 41.0 Å². The van der Waals surface area contributed by atoms with Crippen LogP contribution >= 0.6 is 0 Å². The normalized spacial score (nSPS) is 13.0. The van der Waals surface area contributed by atoms with Crippen molar-refractivity contribution in [1.82, 2.24) is 40.6 Å². The summed E-state index contributed by atoms with van der Waals surface area (Å²) in [4.78, 5) is 66.9. The van der Waals surface area contributed by atoms with E-state index in [4.69, 9.17) is 4.74 Å². The number of fused-ring (bicyclic) bond motifs is 2. The first kappa shape index (κ1) is 36.9. The Bertz CT molecular complexity index is 2520. The van der Waals surface area contributed by atoms with Crippen LogP contribution < -0.4 is 21.6 Å². The lowest BCUT2D eigenvalue weighted by Crippen LogP contribution is -2.56. The second-order valence-electron chi connectivity index (χ2n) is 13.2. The van der Waals surface area contributed by atoms with Crippen LogP contribution in [0.15, 0.2) is 132 Å². The summed E-state index contributed by atoms with van der Waals surface area (Å²) in [6.45, 7) is -0.0639. The van der Waals surface area contributed by atoms with Gasteiger partial charge in [-0.2, -0.15) is 9.78 Å². The number of amides is 3. The van der Waals surface area contributed by atoms with Crippen molar-refractivity contribution in [2.24, 2.45) is 5.10 Å². The number of pyridine rings is 1. The second-order valence-corrected chi connectivity index (χ2v) is 13.2. The van der Waals surface area contributed by atoms with Crippen LogP contribution in [0.5, 0.6) is 5.88 Å². The van der Waals surface area contributed by atoms with Gasteiger partial charge < -0.3 is 35.8 Å². The van der Waals surface area contributed by atoms with Gasteiger partial charge in [-0.25, -0.2) is 9.59 Å². The number of aromatic hydroxyl groups is 1. The maximum absolute atomic E-state index is 14.4. The molecule has 0 saturated heterocycles. The predicted octanol–water partition coefficient (Wildman–Crippen LogP) is 4.07. The molecule has 4 aromatic heterocycles. The number of ether oxygens (including phenoxy) is 1. The summed E-state index contributed by atoms with van der Waals surface area (Å²) >= 11 is 0. The molecule has 15 heteroatoms. The molecule has 7 N–H and O–H groups in total. The topological polar surface area (TPSA) is 211 Å². The van der Waals surface area contributed by atoms with E-state index in [-0.39, 0.29) is 25.3 Å². The summed E-state index contributed by atoms with van der Waals surface area (Å²) in [7, 11) is 0. The van der Waals surface area contributed by atoms with Crippen LogP contribution in [0.2, 0.25) is 0 Å². The number of imidazole rings is 1. The molecule has 0 fully saturated rings. The van der Waals surface area contributed by atoms with Crippen molar-refractivity contribution >= 4 is 45.9 Å². The zero-order valence-corrected chi connectivity index (χ0v) is 30.0. The van der Waals surface area contributed by atoms with Crippen LogP contribution in [-0.2, 0) is 40.2 Å². The Hall–Kier alpha value is -7.42. The van der Waals surface area contributed by atoms with Crippen molar-refractivity contribution in [2.45, 2.75) is 44.0 Å². The highest BCUT2D eigenvalue weighted by molar-refractivity contribution is 5.94. The lowest BCUT2D eigenvalue weighted by atomic mass is 10.0. The first-order chi connectivity index (χ1) is 27.3. The van der Waals surface area contributed by atoms with Gasteiger partial charge in [-0.15, -0.1) is 0 Å². The van der Waals surface area contributed by atoms with Crippen LogP contribution in [0.4, 0.5) is 4.79 Å². The van der Waals surface area contributed by atoms with Crippen molar-refractivity contribution in [2.75, 3.05) is 0 Å². The van der Waals surface area contributed by atoms with Crippen LogP contribution in [0.3, 0.4) is 0 Å². The molecule has 0 radical (unpaired) electrons. The van der Waals surface area contributed by atoms with Gasteiger partial charge in [0, 0.05) is 71.2 Å². The molecule has 0 bridgehead atoms. The van der Waals surface area contributed by atoms with Crippen molar-refractivity contribution in [1.29, 1.82) is 0 Å². The number of para-hydroxylation sites is 2. The number of aromatic amines is 3. The summed E-state index contributed by atoms with van der Waals surface area (Å²) in [5.74, 6) is -1.52. The predicted molar refractivity (Wildman–Crippen MR) is 210 cm³/mol. The van der Waals surface area contributed by atoms with Gasteiger partial charge in [0.2, 0.25) is 17.7 Å². The largest absolute Gasteiger partial charge is 0.493 e. The maximum atomic E-state index is 14.4. The highest BCUT2D eigenvalue weighted by Gasteiger charge is 2.30. The highest BCUT2D eigenvalue weighted by Crippen LogP contribution is 2.21. The summed E-state index contributed by atoms with van der Waals surface area (Å²) < 4.78 is 6.38. The van der Waals surface area contributed by atoms with Crippen molar-refractivity contribution in [3.8, 4) is 5.88 Å². The third kappa shape index (κ3) is 9.20. The van der Waals surface area contributed by atoms with Crippen molar-refractivity contribution < 1.29 is 24.2 Å². The van der Waals surface area contributed by atoms with Gasteiger partial charge in [-0.1, -0.05) is 72.8 Å². The quantitative estimate of drug-likeness (QED) is 0.0763. The third-order valence-electron chi connectivity index (χ3n) is 9.22. The minimum absolute atomic E-state index is 0.0639. The fraction of sp³-hybridized carbons (Fsp3) is 0.171. The van der Waals surface area contributed by atoms with Crippen molar-refractivity contribution in [3.63, 3.8) is 0 Å². The second kappa shape index (κ2) is 17.2. The fourth-order valence-corrected chi connectivity index (χ4v) is 6.45. The highest BCUT2D eigenvalue weighted by atomic mass is 16.5. The van der Waals surface area contributed by atoms with Crippen LogP contribution in [-0.4, -0.2) is 72.0 Å². The monoisotopic (exact) mass is 753 g/mol. The Morgan fingerprint density at radius 1 is 0.768 bits per heavy atom. The lowest BCUT2D eigenvalue weighted by molar-refractivity contribution is -0.130. The minimum atomic E-state index is -1.15. The molecule has 0 spiro atoms. The Labute approximate surface area is 319 Å². The molecule has 3 atom stereocenters. The van der Waals surface area contributed by atoms with E-state index in [1.165, 1.54) is 6.21 Å². The molecular weight excluding hydrogens is 715 g/mol. The van der Waals surface area contributed by atoms with Gasteiger partial charge in [0.15, 0.2) is 0 Å². The van der Waals surface area contributed by atoms with E-state index in [1.54, 1.807) is 36.9 Å². The molecule has 7 aromatic rings. The summed E-state index contributed by atoms with van der Waals surface area (Å²) in [5.41, 5.74) is 4.15. The van der Waals surface area contributed by atoms with E-state index in [1.807, 2.05) is 78.9 Å². The van der Waals surface area contributed by atoms with Gasteiger partial charge in [0.25, 0.3) is 0 Å². The molecule has 0 aliphatic carbocycles. The molecule has 15 nitrogen and oxygen atoms in total. The molecule has 0 saturated carbocycles. The number of rotatable bonds is 15. The van der Waals surface area contributed by atoms with E-state index >= 15 is 0 Å². The molecule has 3 amide bonds. The van der Waals surface area contributed by atoms with E-state index in [0.29, 0.717) is 12.0 Å². The van der Waals surface area contributed by atoms with Crippen LogP contribution in [0.1, 0.15) is 22.3 Å². The number of benzene rings is 3. The number of hydrogen-bond donors (Lipinski definition) is 7. The molecule has 56 heavy (non-hydrogen) atoms. The van der Waals surface area contributed by atoms with E-state index in [9.17, 15) is 24.3 Å². The third-order valence-corrected chi connectivity index (χ3v) is 9.22. The zero-order valence-electron chi connectivity index (χ0n) is 30.0. The minimum Gasteiger partial charge on any atom is -0.493 e. The standard InChI is InChI=1S/C41H39N9O6/c51-37-24-50(40(54)49-37)45-23-30(17-26-9-2-1-3-10-26)46-38(52)35(18-28-21-43-33-14-6-4-12-31(28)33)47-39(53)36(19-29-22-44-34-15-7-5-13-32(29)34)48-41(55)56-25-27-11-8-16-42-20-27/h1-16,20-24,30,35-36,43-44,51H,17-19,25H2,(H,46,52)(H,47,53)(H,48,55)(H,49,54). The van der Waals surface area contributed by atoms with Gasteiger partial charge in [0.1, 0.15) is 18.7 Å². The smallest absolute Gasteiger partial charge is 0.408 e. The van der Waals surface area contributed by atoms with Gasteiger partial charge in [0.05, 0.1) is 12.2 Å². The summed E-state index contributed by atoms with van der Waals surface area (Å²) in [6.07, 6.45) is 8.92. The number of aromatic nitrogens is 5. The molecule has 3 unspecified atom stereocenters. The average molecular weight is 754 g/mol. The first-order valence-electron chi connectivity index (χ1n) is 17.9. The molecule has 3 aromatic carbocycles. The fourth-order valence-electron chi connectivity index (χ4n) is 6.45. The number of hydrogen-bond acceptors (Lipinski definition) is 8. The maximum Gasteiger partial charge on any atom is 0.408 e. The molecule has 0 aliphatic heterocycles. The lowest BCUT2D eigenvalue weighted by Gasteiger charge is -2.25. The van der Waals surface area contributed by atoms with E-state index < -0.39 is 41.7 Å². The summed E-state index contributed by atoms with van der Waals surface area (Å²) in [6, 6.07) is 25.1. The molecule has 0 aliphatic rings. The number of nitrogens with zero attached hydrogens (tertiary/aromatic N) is 3. The average Bonchev–Trinajstić information content (AvgIpc) is 3.92. The number of alkyl carbamates (subject to hydrolysis) is 1. The van der Waals surface area contributed by atoms with Crippen molar-refractivity contribution in [3.05, 3.63) is 155 Å². The molecular formula is C41H39N9O6. The Morgan fingerprint density at radius 2 is 1.38 bits per heavy atom. The molecule has 4 heterocycles. The van der Waals surface area contributed by atoms with Gasteiger partial charge in [-0.3, -0.25) is 19.6 Å². The molecule has 284 valence electrons. The SMILES string of the molecule is O=C(NC(Cc1c[nH]c2ccccc12)C(=O)NC(Cc1c[nH]c2ccccc12)C(=O)NC(C=Nn1cc(O)[nH]c1=O)Cc1ccccc1)OCc1cccnc1. The number of carbonyl (C=O) groups excluding carboxylic acids is 3. The Morgan fingerprint density at radius 3 is 2.00 bits per heavy atom. The first-order valence-corrected chi connectivity index (χ1v) is 17.9. The van der Waals surface area contributed by atoms with E-state index in [0.717, 1.165) is 49.4 Å².